The molecule has 0 aliphatic carbocycles. The average Bonchev–Trinajstić information content (AvgIpc) is 2.40. The SMILES string of the molecule is COC(=O)CCCC(C)(C)c1cccc(CC(C)C)c1C. The Hall–Kier alpha value is -1.31. The summed E-state index contributed by atoms with van der Waals surface area (Å²) >= 11 is 0. The minimum absolute atomic E-state index is 0.0884. The quantitative estimate of drug-likeness (QED) is 0.673. The summed E-state index contributed by atoms with van der Waals surface area (Å²) in [4.78, 5) is 11.3. The predicted molar refractivity (Wildman–Crippen MR) is 88.6 cm³/mol. The molecule has 0 saturated heterocycles. The number of benzene rings is 1. The van der Waals surface area contributed by atoms with Crippen molar-refractivity contribution in [3.05, 3.63) is 34.9 Å². The molecule has 0 unspecified atom stereocenters. The van der Waals surface area contributed by atoms with Gasteiger partial charge >= 0.3 is 5.97 Å². The van der Waals surface area contributed by atoms with Crippen molar-refractivity contribution in [2.45, 2.75) is 65.7 Å². The molecule has 0 heterocycles. The summed E-state index contributed by atoms with van der Waals surface area (Å²) in [5, 5.41) is 0. The van der Waals surface area contributed by atoms with Crippen molar-refractivity contribution < 1.29 is 9.53 Å². The lowest BCUT2D eigenvalue weighted by Crippen LogP contribution is -2.20. The molecule has 1 aromatic rings. The first-order valence-electron chi connectivity index (χ1n) is 7.93. The molecule has 2 heteroatoms. The molecule has 0 aromatic heterocycles. The highest BCUT2D eigenvalue weighted by atomic mass is 16.5. The van der Waals surface area contributed by atoms with E-state index in [0.29, 0.717) is 12.3 Å². The van der Waals surface area contributed by atoms with Gasteiger partial charge in [-0.25, -0.2) is 0 Å². The van der Waals surface area contributed by atoms with Crippen LogP contribution in [0.2, 0.25) is 0 Å². The van der Waals surface area contributed by atoms with E-state index in [2.05, 4.69) is 52.8 Å². The second kappa shape index (κ2) is 7.63. The van der Waals surface area contributed by atoms with E-state index >= 15 is 0 Å². The van der Waals surface area contributed by atoms with Crippen LogP contribution >= 0.6 is 0 Å². The molecule has 0 aliphatic heterocycles. The van der Waals surface area contributed by atoms with E-state index < -0.39 is 0 Å². The Kier molecular flexibility index (Phi) is 6.44. The monoisotopic (exact) mass is 290 g/mol. The van der Waals surface area contributed by atoms with Crippen LogP contribution in [-0.4, -0.2) is 13.1 Å². The maximum Gasteiger partial charge on any atom is 0.305 e. The summed E-state index contributed by atoms with van der Waals surface area (Å²) in [5.74, 6) is 0.553. The van der Waals surface area contributed by atoms with Crippen molar-refractivity contribution in [3.63, 3.8) is 0 Å². The van der Waals surface area contributed by atoms with Crippen LogP contribution in [0.25, 0.3) is 0 Å². The third kappa shape index (κ3) is 5.18. The van der Waals surface area contributed by atoms with Crippen LogP contribution in [0, 0.1) is 12.8 Å². The van der Waals surface area contributed by atoms with Gasteiger partial charge < -0.3 is 4.74 Å². The number of ether oxygens (including phenoxy) is 1. The number of esters is 1. The highest BCUT2D eigenvalue weighted by molar-refractivity contribution is 5.69. The number of carbonyl (C=O) groups is 1. The fourth-order valence-electron chi connectivity index (χ4n) is 2.99. The molecule has 0 amide bonds. The van der Waals surface area contributed by atoms with Crippen molar-refractivity contribution in [2.24, 2.45) is 5.92 Å². The van der Waals surface area contributed by atoms with E-state index in [9.17, 15) is 4.79 Å². The summed E-state index contributed by atoms with van der Waals surface area (Å²) < 4.78 is 4.72. The average molecular weight is 290 g/mol. The minimum atomic E-state index is -0.115. The lowest BCUT2D eigenvalue weighted by atomic mass is 9.76. The zero-order valence-corrected chi connectivity index (χ0v) is 14.5. The zero-order valence-electron chi connectivity index (χ0n) is 14.5. The molecular formula is C19H30O2. The Bertz CT molecular complexity index is 472. The second-order valence-electron chi connectivity index (χ2n) is 7.00. The van der Waals surface area contributed by atoms with Crippen LogP contribution in [0.1, 0.15) is 63.6 Å². The lowest BCUT2D eigenvalue weighted by molar-refractivity contribution is -0.140. The van der Waals surface area contributed by atoms with Gasteiger partial charge in [0, 0.05) is 6.42 Å². The molecule has 0 aliphatic rings. The zero-order chi connectivity index (χ0) is 16.0. The Morgan fingerprint density at radius 1 is 1.29 bits per heavy atom. The molecule has 0 bridgehead atoms. The first kappa shape index (κ1) is 17.7. The van der Waals surface area contributed by atoms with Gasteiger partial charge in [-0.05, 0) is 54.2 Å². The van der Waals surface area contributed by atoms with E-state index in [-0.39, 0.29) is 11.4 Å². The van der Waals surface area contributed by atoms with E-state index in [1.165, 1.54) is 23.8 Å². The highest BCUT2D eigenvalue weighted by Gasteiger charge is 2.23. The number of hydrogen-bond acceptors (Lipinski definition) is 2. The van der Waals surface area contributed by atoms with Gasteiger partial charge in [0.1, 0.15) is 0 Å². The van der Waals surface area contributed by atoms with Crippen molar-refractivity contribution in [1.82, 2.24) is 0 Å². The van der Waals surface area contributed by atoms with E-state index in [0.717, 1.165) is 19.3 Å². The Morgan fingerprint density at radius 3 is 2.52 bits per heavy atom. The van der Waals surface area contributed by atoms with Gasteiger partial charge in [-0.2, -0.15) is 0 Å². The predicted octanol–water partition coefficient (Wildman–Crippen LogP) is 4.81. The van der Waals surface area contributed by atoms with Crippen LogP contribution < -0.4 is 0 Å². The van der Waals surface area contributed by atoms with Crippen molar-refractivity contribution in [3.8, 4) is 0 Å². The van der Waals surface area contributed by atoms with Crippen LogP contribution in [0.4, 0.5) is 0 Å². The van der Waals surface area contributed by atoms with Crippen LogP contribution in [0.3, 0.4) is 0 Å². The maximum absolute atomic E-state index is 11.3. The van der Waals surface area contributed by atoms with Gasteiger partial charge in [-0.15, -0.1) is 0 Å². The molecule has 2 nitrogen and oxygen atoms in total. The molecule has 0 atom stereocenters. The summed E-state index contributed by atoms with van der Waals surface area (Å²) in [7, 11) is 1.45. The molecule has 1 aromatic carbocycles. The Morgan fingerprint density at radius 2 is 1.95 bits per heavy atom. The summed E-state index contributed by atoms with van der Waals surface area (Å²) in [6.07, 6.45) is 3.49. The summed E-state index contributed by atoms with van der Waals surface area (Å²) in [6, 6.07) is 6.64. The fraction of sp³-hybridized carbons (Fsp3) is 0.632. The minimum Gasteiger partial charge on any atom is -0.469 e. The molecule has 0 N–H and O–H groups in total. The smallest absolute Gasteiger partial charge is 0.305 e. The third-order valence-corrected chi connectivity index (χ3v) is 4.21. The van der Waals surface area contributed by atoms with Crippen LogP contribution in [-0.2, 0) is 21.4 Å². The summed E-state index contributed by atoms with van der Waals surface area (Å²) in [5.41, 5.74) is 4.36. The van der Waals surface area contributed by atoms with Gasteiger partial charge in [0.15, 0.2) is 0 Å². The van der Waals surface area contributed by atoms with Crippen molar-refractivity contribution in [1.29, 1.82) is 0 Å². The number of methoxy groups -OCH3 is 1. The highest BCUT2D eigenvalue weighted by Crippen LogP contribution is 2.33. The van der Waals surface area contributed by atoms with E-state index in [1.807, 2.05) is 0 Å². The standard InChI is InChI=1S/C19H30O2/c1-14(2)13-16-9-7-10-17(15(16)3)19(4,5)12-8-11-18(20)21-6/h7,9-10,14H,8,11-13H2,1-6H3. The lowest BCUT2D eigenvalue weighted by Gasteiger charge is -2.28. The molecular weight excluding hydrogens is 260 g/mol. The molecule has 1 rings (SSSR count). The van der Waals surface area contributed by atoms with Gasteiger partial charge in [0.2, 0.25) is 0 Å². The molecule has 0 saturated carbocycles. The molecule has 118 valence electrons. The van der Waals surface area contributed by atoms with Gasteiger partial charge in [0.05, 0.1) is 7.11 Å². The Balaban J connectivity index is 2.84. The van der Waals surface area contributed by atoms with Crippen LogP contribution in [0.15, 0.2) is 18.2 Å². The van der Waals surface area contributed by atoms with Crippen molar-refractivity contribution in [2.75, 3.05) is 7.11 Å². The van der Waals surface area contributed by atoms with Gasteiger partial charge in [-0.1, -0.05) is 45.9 Å². The van der Waals surface area contributed by atoms with Gasteiger partial charge in [-0.3, -0.25) is 4.79 Å². The number of carbonyl (C=O) groups excluding carboxylic acids is 1. The molecule has 0 spiro atoms. The van der Waals surface area contributed by atoms with Crippen molar-refractivity contribution >= 4 is 5.97 Å². The Labute approximate surface area is 129 Å². The molecule has 0 fully saturated rings. The fourth-order valence-corrected chi connectivity index (χ4v) is 2.99. The molecule has 0 radical (unpaired) electrons. The van der Waals surface area contributed by atoms with Gasteiger partial charge in [0.25, 0.3) is 0 Å². The largest absolute Gasteiger partial charge is 0.469 e. The first-order chi connectivity index (χ1) is 9.77. The maximum atomic E-state index is 11.3. The first-order valence-corrected chi connectivity index (χ1v) is 7.93. The normalized spacial score (nSPS) is 11.8. The number of hydrogen-bond donors (Lipinski definition) is 0. The van der Waals surface area contributed by atoms with E-state index in [4.69, 9.17) is 4.74 Å². The number of rotatable bonds is 7. The van der Waals surface area contributed by atoms with Crippen LogP contribution in [0.5, 0.6) is 0 Å². The second-order valence-corrected chi connectivity index (χ2v) is 7.00. The van der Waals surface area contributed by atoms with E-state index in [1.54, 1.807) is 0 Å². The summed E-state index contributed by atoms with van der Waals surface area (Å²) in [6.45, 7) is 11.3. The topological polar surface area (TPSA) is 26.3 Å². The molecule has 21 heavy (non-hydrogen) atoms. The third-order valence-electron chi connectivity index (χ3n) is 4.21.